The zero-order valence-corrected chi connectivity index (χ0v) is 15.5. The van der Waals surface area contributed by atoms with Crippen molar-refractivity contribution in [2.45, 2.75) is 43.6 Å². The van der Waals surface area contributed by atoms with E-state index in [0.29, 0.717) is 32.9 Å². The van der Waals surface area contributed by atoms with Gasteiger partial charge in [-0.05, 0) is 25.5 Å². The zero-order chi connectivity index (χ0) is 18.0. The second kappa shape index (κ2) is 7.18. The highest BCUT2D eigenvalue weighted by molar-refractivity contribution is 5.68. The van der Waals surface area contributed by atoms with E-state index in [2.05, 4.69) is 11.9 Å². The Morgan fingerprint density at radius 1 is 1.08 bits per heavy atom. The van der Waals surface area contributed by atoms with Crippen LogP contribution >= 0.6 is 0 Å². The Morgan fingerprint density at radius 2 is 1.77 bits per heavy atom. The van der Waals surface area contributed by atoms with Crippen molar-refractivity contribution in [2.75, 3.05) is 39.9 Å². The molecule has 2 saturated heterocycles. The number of piperazine rings is 1. The molecule has 0 N–H and O–H groups in total. The molecule has 6 heteroatoms. The van der Waals surface area contributed by atoms with Gasteiger partial charge in [-0.1, -0.05) is 30.3 Å². The van der Waals surface area contributed by atoms with Gasteiger partial charge in [0.2, 0.25) is 0 Å². The van der Waals surface area contributed by atoms with Crippen LogP contribution in [0.1, 0.15) is 31.2 Å². The molecule has 0 bridgehead atoms. The summed E-state index contributed by atoms with van der Waals surface area (Å²) in [4.78, 5) is 16.9. The fraction of sp³-hybridized carbons (Fsp3) is 0.650. The molecular weight excluding hydrogens is 332 g/mol. The molecule has 1 aromatic rings. The van der Waals surface area contributed by atoms with Gasteiger partial charge in [-0.15, -0.1) is 0 Å². The number of ether oxygens (including phenoxy) is 3. The fourth-order valence-electron chi connectivity index (χ4n) is 4.45. The van der Waals surface area contributed by atoms with Crippen molar-refractivity contribution in [3.8, 4) is 0 Å². The molecule has 1 amide bonds. The Morgan fingerprint density at radius 3 is 2.46 bits per heavy atom. The summed E-state index contributed by atoms with van der Waals surface area (Å²) < 4.78 is 17.3. The van der Waals surface area contributed by atoms with Gasteiger partial charge in [0.25, 0.3) is 0 Å². The van der Waals surface area contributed by atoms with Crippen LogP contribution < -0.4 is 0 Å². The van der Waals surface area contributed by atoms with Crippen molar-refractivity contribution < 1.29 is 19.0 Å². The molecule has 26 heavy (non-hydrogen) atoms. The summed E-state index contributed by atoms with van der Waals surface area (Å²) in [6, 6.07) is 9.82. The van der Waals surface area contributed by atoms with Gasteiger partial charge in [0.15, 0.2) is 5.79 Å². The van der Waals surface area contributed by atoms with E-state index in [4.69, 9.17) is 14.2 Å². The van der Waals surface area contributed by atoms with Crippen LogP contribution in [0.15, 0.2) is 30.3 Å². The minimum Gasteiger partial charge on any atom is -0.445 e. The first-order chi connectivity index (χ1) is 12.6. The van der Waals surface area contributed by atoms with Crippen molar-refractivity contribution in [3.63, 3.8) is 0 Å². The van der Waals surface area contributed by atoms with Gasteiger partial charge in [-0.3, -0.25) is 4.90 Å². The standard InChI is InChI=1S/C20H28N2O4/c1-21-11-12-22(18(23)24-15-17-5-3-2-4-6-17)16-19(21)7-9-20(10-8-19)25-13-14-26-20/h2-6H,7-16H2,1H3. The van der Waals surface area contributed by atoms with E-state index in [1.54, 1.807) is 0 Å². The van der Waals surface area contributed by atoms with Crippen LogP contribution in [-0.4, -0.2) is 67.1 Å². The summed E-state index contributed by atoms with van der Waals surface area (Å²) in [6.45, 7) is 4.01. The van der Waals surface area contributed by atoms with E-state index >= 15 is 0 Å². The highest BCUT2D eigenvalue weighted by Crippen LogP contribution is 2.43. The number of rotatable bonds is 2. The van der Waals surface area contributed by atoms with Gasteiger partial charge < -0.3 is 19.1 Å². The first-order valence-corrected chi connectivity index (χ1v) is 9.56. The number of hydrogen-bond donors (Lipinski definition) is 0. The van der Waals surface area contributed by atoms with Gasteiger partial charge in [0.1, 0.15) is 6.61 Å². The van der Waals surface area contributed by atoms with Gasteiger partial charge >= 0.3 is 6.09 Å². The number of carbonyl (C=O) groups is 1. The smallest absolute Gasteiger partial charge is 0.410 e. The minimum atomic E-state index is -0.373. The van der Waals surface area contributed by atoms with E-state index in [1.165, 1.54) is 0 Å². The lowest BCUT2D eigenvalue weighted by Gasteiger charge is -2.53. The van der Waals surface area contributed by atoms with E-state index < -0.39 is 0 Å². The quantitative estimate of drug-likeness (QED) is 0.812. The zero-order valence-electron chi connectivity index (χ0n) is 15.5. The molecule has 2 heterocycles. The van der Waals surface area contributed by atoms with Gasteiger partial charge in [0, 0.05) is 38.0 Å². The predicted octanol–water partition coefficient (Wildman–Crippen LogP) is 2.63. The van der Waals surface area contributed by atoms with E-state index in [1.807, 2.05) is 35.2 Å². The Hall–Kier alpha value is -1.63. The molecule has 2 aliphatic heterocycles. The lowest BCUT2D eigenvalue weighted by molar-refractivity contribution is -0.197. The summed E-state index contributed by atoms with van der Waals surface area (Å²) in [5.41, 5.74) is 1.02. The first kappa shape index (κ1) is 17.8. The molecule has 3 aliphatic rings. The SMILES string of the molecule is CN1CCN(C(=O)OCc2ccccc2)CC12CCC1(CC2)OCCO1. The van der Waals surface area contributed by atoms with Gasteiger partial charge in [0.05, 0.1) is 13.2 Å². The first-order valence-electron chi connectivity index (χ1n) is 9.56. The monoisotopic (exact) mass is 360 g/mol. The lowest BCUT2D eigenvalue weighted by Crippen LogP contribution is -2.64. The van der Waals surface area contributed by atoms with Crippen LogP contribution in [0.2, 0.25) is 0 Å². The molecule has 0 aromatic heterocycles. The van der Waals surface area contributed by atoms with Crippen molar-refractivity contribution in [1.82, 2.24) is 9.80 Å². The summed E-state index contributed by atoms with van der Waals surface area (Å²) in [6.07, 6.45) is 3.53. The maximum absolute atomic E-state index is 12.6. The molecule has 6 nitrogen and oxygen atoms in total. The molecule has 0 unspecified atom stereocenters. The van der Waals surface area contributed by atoms with Crippen molar-refractivity contribution in [2.24, 2.45) is 0 Å². The van der Waals surface area contributed by atoms with Crippen LogP contribution in [0.4, 0.5) is 4.79 Å². The summed E-state index contributed by atoms with van der Waals surface area (Å²) in [5.74, 6) is -0.373. The van der Waals surface area contributed by atoms with Gasteiger partial charge in [-0.25, -0.2) is 4.79 Å². The lowest BCUT2D eigenvalue weighted by atomic mass is 9.76. The fourth-order valence-corrected chi connectivity index (χ4v) is 4.45. The second-order valence-electron chi connectivity index (χ2n) is 7.72. The topological polar surface area (TPSA) is 51.2 Å². The van der Waals surface area contributed by atoms with Crippen LogP contribution in [0.3, 0.4) is 0 Å². The van der Waals surface area contributed by atoms with E-state index in [9.17, 15) is 4.79 Å². The summed E-state index contributed by atoms with van der Waals surface area (Å²) in [7, 11) is 2.17. The minimum absolute atomic E-state index is 0.00454. The van der Waals surface area contributed by atoms with Crippen molar-refractivity contribution >= 4 is 6.09 Å². The van der Waals surface area contributed by atoms with Crippen molar-refractivity contribution in [1.29, 1.82) is 0 Å². The highest BCUT2D eigenvalue weighted by atomic mass is 16.7. The summed E-state index contributed by atoms with van der Waals surface area (Å²) in [5, 5.41) is 0. The Kier molecular flexibility index (Phi) is 4.90. The molecule has 0 radical (unpaired) electrons. The summed E-state index contributed by atoms with van der Waals surface area (Å²) >= 11 is 0. The molecule has 142 valence electrons. The number of nitrogens with zero attached hydrogens (tertiary/aromatic N) is 2. The number of carbonyl (C=O) groups excluding carboxylic acids is 1. The van der Waals surface area contributed by atoms with Crippen LogP contribution in [0.25, 0.3) is 0 Å². The maximum atomic E-state index is 12.6. The maximum Gasteiger partial charge on any atom is 0.410 e. The Bertz CT molecular complexity index is 620. The molecule has 0 atom stereocenters. The van der Waals surface area contributed by atoms with Crippen molar-refractivity contribution in [3.05, 3.63) is 35.9 Å². The average Bonchev–Trinajstić information content (AvgIpc) is 3.14. The van der Waals surface area contributed by atoms with E-state index in [-0.39, 0.29) is 17.4 Å². The number of likely N-dealkylation sites (N-methyl/N-ethyl adjacent to an activating group) is 1. The third kappa shape index (κ3) is 3.46. The highest BCUT2D eigenvalue weighted by Gasteiger charge is 2.50. The average molecular weight is 360 g/mol. The normalized spacial score (nSPS) is 24.9. The Labute approximate surface area is 155 Å². The van der Waals surface area contributed by atoms with Crippen LogP contribution in [0, 0.1) is 0 Å². The third-order valence-electron chi connectivity index (χ3n) is 6.22. The van der Waals surface area contributed by atoms with Gasteiger partial charge in [-0.2, -0.15) is 0 Å². The molecule has 1 aliphatic carbocycles. The molecule has 1 saturated carbocycles. The number of hydrogen-bond acceptors (Lipinski definition) is 5. The molecule has 4 rings (SSSR count). The molecule has 3 fully saturated rings. The number of amides is 1. The third-order valence-corrected chi connectivity index (χ3v) is 6.22. The largest absolute Gasteiger partial charge is 0.445 e. The Balaban J connectivity index is 1.36. The van der Waals surface area contributed by atoms with Crippen LogP contribution in [-0.2, 0) is 20.8 Å². The number of benzene rings is 1. The predicted molar refractivity (Wildman–Crippen MR) is 96.7 cm³/mol. The second-order valence-corrected chi connectivity index (χ2v) is 7.72. The molecule has 1 aromatic carbocycles. The van der Waals surface area contributed by atoms with Crippen LogP contribution in [0.5, 0.6) is 0 Å². The van der Waals surface area contributed by atoms with E-state index in [0.717, 1.165) is 37.8 Å². The molecular formula is C20H28N2O4. The molecule has 2 spiro atoms.